The van der Waals surface area contributed by atoms with E-state index in [4.69, 9.17) is 0 Å². The van der Waals surface area contributed by atoms with Crippen molar-refractivity contribution >= 4 is 38.5 Å². The first-order valence-corrected chi connectivity index (χ1v) is 6.86. The van der Waals surface area contributed by atoms with Gasteiger partial charge < -0.3 is 0 Å². The molecule has 0 aliphatic carbocycles. The van der Waals surface area contributed by atoms with Crippen molar-refractivity contribution in [3.05, 3.63) is 38.6 Å². The number of hydrogen-bond donors (Lipinski definition) is 1. The Bertz CT molecular complexity index is 678. The van der Waals surface area contributed by atoms with E-state index in [1.165, 1.54) is 0 Å². The Balaban J connectivity index is 2.10. The largest absolute Gasteiger partial charge is 0.227 e. The zero-order valence-corrected chi connectivity index (χ0v) is 12.6. The van der Waals surface area contributed by atoms with E-state index < -0.39 is 0 Å². The Kier molecular flexibility index (Phi) is 3.12. The van der Waals surface area contributed by atoms with Gasteiger partial charge in [0.05, 0.1) is 17.4 Å². The molecule has 3 rings (SSSR count). The van der Waals surface area contributed by atoms with Gasteiger partial charge in [0.15, 0.2) is 0 Å². The summed E-state index contributed by atoms with van der Waals surface area (Å²) in [5.74, 6) is 0.542. The molecule has 0 amide bonds. The molecule has 6 nitrogen and oxygen atoms in total. The first-order valence-electron chi connectivity index (χ1n) is 4.99. The normalized spacial score (nSPS) is 10.8. The van der Waals surface area contributed by atoms with Crippen molar-refractivity contribution in [3.63, 3.8) is 0 Å². The van der Waals surface area contributed by atoms with Crippen LogP contribution in [-0.2, 0) is 0 Å². The molecule has 8 heteroatoms. The number of nitrogens with one attached hydrogen (secondary N) is 1. The molecule has 1 N–H and O–H groups in total. The summed E-state index contributed by atoms with van der Waals surface area (Å²) in [6.07, 6.45) is 1.73. The van der Waals surface area contributed by atoms with Crippen LogP contribution in [0.25, 0.3) is 17.1 Å². The molecule has 3 aromatic rings. The van der Waals surface area contributed by atoms with Crippen LogP contribution in [0.3, 0.4) is 0 Å². The molecule has 0 saturated carbocycles. The third-order valence-electron chi connectivity index (χ3n) is 2.35. The lowest BCUT2D eigenvalue weighted by Crippen LogP contribution is -1.98. The van der Waals surface area contributed by atoms with Gasteiger partial charge in [0.1, 0.15) is 3.70 Å². The van der Waals surface area contributed by atoms with E-state index >= 15 is 0 Å². The zero-order chi connectivity index (χ0) is 12.5. The highest BCUT2D eigenvalue weighted by Crippen LogP contribution is 2.24. The number of tetrazole rings is 1. The van der Waals surface area contributed by atoms with Gasteiger partial charge in [0.25, 0.3) is 0 Å². The molecule has 18 heavy (non-hydrogen) atoms. The molecule has 90 valence electrons. The number of aromatic amines is 1. The lowest BCUT2D eigenvalue weighted by atomic mass is 10.3. The predicted octanol–water partition coefficient (Wildman–Crippen LogP) is 2.42. The maximum Gasteiger partial charge on any atom is 0.208 e. The maximum absolute atomic E-state index is 4.35. The summed E-state index contributed by atoms with van der Waals surface area (Å²) in [6.45, 7) is 0. The fourth-order valence-electron chi connectivity index (χ4n) is 1.55. The minimum atomic E-state index is 0.542. The minimum absolute atomic E-state index is 0.542. The van der Waals surface area contributed by atoms with Crippen LogP contribution in [-0.4, -0.2) is 30.4 Å². The smallest absolute Gasteiger partial charge is 0.208 e. The van der Waals surface area contributed by atoms with Gasteiger partial charge in [-0.05, 0) is 46.0 Å². The third-order valence-corrected chi connectivity index (χ3v) is 3.88. The minimum Gasteiger partial charge on any atom is -0.227 e. The van der Waals surface area contributed by atoms with E-state index in [1.807, 2.05) is 28.9 Å². The number of nitrogens with zero attached hydrogens (tertiary/aromatic N) is 5. The molecule has 0 aliphatic heterocycles. The molecule has 1 aromatic carbocycles. The van der Waals surface area contributed by atoms with Crippen molar-refractivity contribution in [1.82, 2.24) is 30.4 Å². The number of H-pyrrole nitrogens is 1. The Hall–Kier alpha value is -1.29. The summed E-state index contributed by atoms with van der Waals surface area (Å²) >= 11 is 5.66. The van der Waals surface area contributed by atoms with Gasteiger partial charge in [-0.2, -0.15) is 10.3 Å². The fraction of sp³-hybridized carbons (Fsp3) is 0. The number of aromatic nitrogens is 6. The van der Waals surface area contributed by atoms with E-state index in [0.717, 1.165) is 19.4 Å². The summed E-state index contributed by atoms with van der Waals surface area (Å²) in [6, 6.07) is 7.92. The Morgan fingerprint density at radius 1 is 1.33 bits per heavy atom. The Labute approximate surface area is 124 Å². The highest BCUT2D eigenvalue weighted by molar-refractivity contribution is 14.1. The molecule has 0 bridgehead atoms. The van der Waals surface area contributed by atoms with Gasteiger partial charge in [-0.1, -0.05) is 22.0 Å². The second-order valence-corrected chi connectivity index (χ2v) is 5.41. The van der Waals surface area contributed by atoms with Crippen molar-refractivity contribution in [2.24, 2.45) is 0 Å². The standard InChI is InChI=1S/C10H6BrIN6/c11-6-2-1-3-7(4-6)18-9(12)8(5-13-18)10-14-16-17-15-10/h1-5H,(H,14,15,16,17). The first-order chi connectivity index (χ1) is 8.75. The molecule has 0 atom stereocenters. The number of halogens is 2. The van der Waals surface area contributed by atoms with Crippen LogP contribution in [0.5, 0.6) is 0 Å². The third kappa shape index (κ3) is 2.05. The van der Waals surface area contributed by atoms with Crippen LogP contribution in [0.2, 0.25) is 0 Å². The fourth-order valence-corrected chi connectivity index (χ4v) is 2.72. The highest BCUT2D eigenvalue weighted by Gasteiger charge is 2.14. The van der Waals surface area contributed by atoms with Gasteiger partial charge in [0.2, 0.25) is 5.82 Å². The second-order valence-electron chi connectivity index (χ2n) is 3.48. The van der Waals surface area contributed by atoms with Crippen LogP contribution in [0.15, 0.2) is 34.9 Å². The molecule has 0 radical (unpaired) electrons. The van der Waals surface area contributed by atoms with Gasteiger partial charge in [-0.3, -0.25) is 0 Å². The summed E-state index contributed by atoms with van der Waals surface area (Å²) < 4.78 is 3.77. The molecule has 0 spiro atoms. The summed E-state index contributed by atoms with van der Waals surface area (Å²) in [5, 5.41) is 18.3. The van der Waals surface area contributed by atoms with E-state index in [-0.39, 0.29) is 0 Å². The number of hydrogen-bond acceptors (Lipinski definition) is 4. The van der Waals surface area contributed by atoms with E-state index in [9.17, 15) is 0 Å². The van der Waals surface area contributed by atoms with Gasteiger partial charge >= 0.3 is 0 Å². The summed E-state index contributed by atoms with van der Waals surface area (Å²) in [4.78, 5) is 0. The maximum atomic E-state index is 4.35. The molecule has 2 heterocycles. The molecular weight excluding hydrogens is 411 g/mol. The van der Waals surface area contributed by atoms with Crippen LogP contribution < -0.4 is 0 Å². The van der Waals surface area contributed by atoms with Gasteiger partial charge in [-0.25, -0.2) is 4.68 Å². The van der Waals surface area contributed by atoms with Gasteiger partial charge in [-0.15, -0.1) is 10.2 Å². The van der Waals surface area contributed by atoms with E-state index in [0.29, 0.717) is 5.82 Å². The average molecular weight is 417 g/mol. The number of benzene rings is 1. The van der Waals surface area contributed by atoms with Crippen LogP contribution in [0, 0.1) is 3.70 Å². The van der Waals surface area contributed by atoms with E-state index in [1.54, 1.807) is 6.20 Å². The molecule has 2 aromatic heterocycles. The molecule has 0 aliphatic rings. The monoisotopic (exact) mass is 416 g/mol. The number of rotatable bonds is 2. The lowest BCUT2D eigenvalue weighted by Gasteiger charge is -2.03. The van der Waals surface area contributed by atoms with Gasteiger partial charge in [0, 0.05) is 4.47 Å². The lowest BCUT2D eigenvalue weighted by molar-refractivity contribution is 0.858. The molecular formula is C10H6BrIN6. The van der Waals surface area contributed by atoms with Crippen LogP contribution in [0.4, 0.5) is 0 Å². The van der Waals surface area contributed by atoms with Crippen molar-refractivity contribution in [3.8, 4) is 17.1 Å². The van der Waals surface area contributed by atoms with Crippen molar-refractivity contribution in [1.29, 1.82) is 0 Å². The van der Waals surface area contributed by atoms with Crippen molar-refractivity contribution in [2.75, 3.05) is 0 Å². The quantitative estimate of drug-likeness (QED) is 0.651. The molecule has 0 fully saturated rings. The average Bonchev–Trinajstić information content (AvgIpc) is 2.97. The van der Waals surface area contributed by atoms with Crippen LogP contribution >= 0.6 is 38.5 Å². The zero-order valence-electron chi connectivity index (χ0n) is 8.88. The van der Waals surface area contributed by atoms with Crippen molar-refractivity contribution < 1.29 is 0 Å². The van der Waals surface area contributed by atoms with E-state index in [2.05, 4.69) is 64.2 Å². The molecule has 0 unspecified atom stereocenters. The Morgan fingerprint density at radius 2 is 2.22 bits per heavy atom. The molecule has 0 saturated heterocycles. The topological polar surface area (TPSA) is 72.3 Å². The Morgan fingerprint density at radius 3 is 2.94 bits per heavy atom. The predicted molar refractivity (Wildman–Crippen MR) is 77.2 cm³/mol. The SMILES string of the molecule is Brc1cccc(-n2ncc(-c3nn[nH]n3)c2I)c1. The van der Waals surface area contributed by atoms with Crippen molar-refractivity contribution in [2.45, 2.75) is 0 Å². The first kappa shape index (κ1) is 11.8. The highest BCUT2D eigenvalue weighted by atomic mass is 127. The van der Waals surface area contributed by atoms with Crippen LogP contribution in [0.1, 0.15) is 0 Å². The summed E-state index contributed by atoms with van der Waals surface area (Å²) in [7, 11) is 0. The second kappa shape index (κ2) is 4.76. The summed E-state index contributed by atoms with van der Waals surface area (Å²) in [5.41, 5.74) is 1.83.